The Hall–Kier alpha value is -1.09. The Kier molecular flexibility index (Phi) is 4.81. The molecule has 0 saturated heterocycles. The Morgan fingerprint density at radius 2 is 2.00 bits per heavy atom. The number of rotatable bonds is 4. The maximum Gasteiger partial charge on any atom is 0.131 e. The standard InChI is InChI=1S/C16H24FNO/c1-3-12-4-6-13(7-5-12)18-11(2)15-9-8-14(19)10-16(15)17/h8-13,18-19H,3-7H2,1-2H3. The van der Waals surface area contributed by atoms with Crippen LogP contribution in [-0.4, -0.2) is 11.1 Å². The van der Waals surface area contributed by atoms with Crippen molar-refractivity contribution in [3.05, 3.63) is 29.6 Å². The lowest BCUT2D eigenvalue weighted by Crippen LogP contribution is -2.35. The molecule has 0 radical (unpaired) electrons. The maximum atomic E-state index is 13.8. The Bertz CT molecular complexity index is 413. The second-order valence-corrected chi connectivity index (χ2v) is 5.72. The number of nitrogens with one attached hydrogen (secondary N) is 1. The van der Waals surface area contributed by atoms with E-state index in [0.29, 0.717) is 11.6 Å². The fraction of sp³-hybridized carbons (Fsp3) is 0.625. The summed E-state index contributed by atoms with van der Waals surface area (Å²) in [4.78, 5) is 0. The van der Waals surface area contributed by atoms with Crippen molar-refractivity contribution >= 4 is 0 Å². The van der Waals surface area contributed by atoms with Crippen LogP contribution in [0.1, 0.15) is 57.6 Å². The Balaban J connectivity index is 1.92. The zero-order valence-corrected chi connectivity index (χ0v) is 11.8. The van der Waals surface area contributed by atoms with Crippen LogP contribution in [0.5, 0.6) is 5.75 Å². The van der Waals surface area contributed by atoms with Gasteiger partial charge in [-0.2, -0.15) is 0 Å². The first-order valence-electron chi connectivity index (χ1n) is 7.34. The SMILES string of the molecule is CCC1CCC(NC(C)c2ccc(O)cc2F)CC1. The molecular weight excluding hydrogens is 241 g/mol. The van der Waals surface area contributed by atoms with Gasteiger partial charge < -0.3 is 10.4 Å². The number of hydrogen-bond donors (Lipinski definition) is 2. The highest BCUT2D eigenvalue weighted by molar-refractivity contribution is 5.29. The number of aromatic hydroxyl groups is 1. The molecule has 106 valence electrons. The van der Waals surface area contributed by atoms with Crippen molar-refractivity contribution in [3.63, 3.8) is 0 Å². The number of benzene rings is 1. The predicted octanol–water partition coefficient (Wildman–Crippen LogP) is 4.15. The van der Waals surface area contributed by atoms with Crippen LogP contribution < -0.4 is 5.32 Å². The topological polar surface area (TPSA) is 32.3 Å². The van der Waals surface area contributed by atoms with E-state index in [1.165, 1.54) is 38.2 Å². The minimum Gasteiger partial charge on any atom is -0.508 e. The zero-order chi connectivity index (χ0) is 13.8. The summed E-state index contributed by atoms with van der Waals surface area (Å²) in [7, 11) is 0. The first kappa shape index (κ1) is 14.3. The van der Waals surface area contributed by atoms with Crippen LogP contribution in [-0.2, 0) is 0 Å². The predicted molar refractivity (Wildman–Crippen MR) is 75.7 cm³/mol. The first-order valence-corrected chi connectivity index (χ1v) is 7.34. The van der Waals surface area contributed by atoms with Crippen LogP contribution >= 0.6 is 0 Å². The molecule has 1 aromatic carbocycles. The normalized spacial score (nSPS) is 25.2. The van der Waals surface area contributed by atoms with E-state index in [4.69, 9.17) is 0 Å². The van der Waals surface area contributed by atoms with Crippen LogP contribution in [0, 0.1) is 11.7 Å². The van der Waals surface area contributed by atoms with E-state index in [9.17, 15) is 9.50 Å². The monoisotopic (exact) mass is 265 g/mol. The molecule has 0 heterocycles. The molecule has 0 aliphatic heterocycles. The van der Waals surface area contributed by atoms with Gasteiger partial charge in [-0.3, -0.25) is 0 Å². The van der Waals surface area contributed by atoms with Gasteiger partial charge in [0.2, 0.25) is 0 Å². The third kappa shape index (κ3) is 3.69. The summed E-state index contributed by atoms with van der Waals surface area (Å²) in [6, 6.07) is 4.88. The van der Waals surface area contributed by atoms with E-state index in [1.807, 2.05) is 6.92 Å². The highest BCUT2D eigenvalue weighted by Crippen LogP contribution is 2.29. The number of phenols is 1. The van der Waals surface area contributed by atoms with Crippen molar-refractivity contribution in [1.82, 2.24) is 5.32 Å². The molecule has 0 spiro atoms. The van der Waals surface area contributed by atoms with Gasteiger partial charge in [0.15, 0.2) is 0 Å². The van der Waals surface area contributed by atoms with Crippen molar-refractivity contribution in [3.8, 4) is 5.75 Å². The Labute approximate surface area is 115 Å². The van der Waals surface area contributed by atoms with Crippen LogP contribution in [0.3, 0.4) is 0 Å². The van der Waals surface area contributed by atoms with Gasteiger partial charge >= 0.3 is 0 Å². The van der Waals surface area contributed by atoms with E-state index in [0.717, 1.165) is 5.92 Å². The summed E-state index contributed by atoms with van der Waals surface area (Å²) in [5.41, 5.74) is 0.635. The fourth-order valence-corrected chi connectivity index (χ4v) is 3.05. The van der Waals surface area contributed by atoms with Gasteiger partial charge in [0.25, 0.3) is 0 Å². The maximum absolute atomic E-state index is 13.8. The zero-order valence-electron chi connectivity index (χ0n) is 11.8. The molecule has 2 N–H and O–H groups in total. The minimum atomic E-state index is -0.331. The molecule has 3 heteroatoms. The molecule has 2 rings (SSSR count). The van der Waals surface area contributed by atoms with Gasteiger partial charge in [-0.15, -0.1) is 0 Å². The number of hydrogen-bond acceptors (Lipinski definition) is 2. The van der Waals surface area contributed by atoms with E-state index in [-0.39, 0.29) is 17.6 Å². The molecule has 1 aliphatic carbocycles. The second-order valence-electron chi connectivity index (χ2n) is 5.72. The first-order chi connectivity index (χ1) is 9.10. The van der Waals surface area contributed by atoms with Gasteiger partial charge in [0, 0.05) is 23.7 Å². The molecule has 0 aromatic heterocycles. The van der Waals surface area contributed by atoms with E-state index < -0.39 is 0 Å². The molecular formula is C16H24FNO. The molecule has 1 aromatic rings. The molecule has 1 saturated carbocycles. The Morgan fingerprint density at radius 1 is 1.32 bits per heavy atom. The average molecular weight is 265 g/mol. The van der Waals surface area contributed by atoms with Gasteiger partial charge in [0.1, 0.15) is 11.6 Å². The van der Waals surface area contributed by atoms with E-state index in [2.05, 4.69) is 12.2 Å². The van der Waals surface area contributed by atoms with E-state index in [1.54, 1.807) is 12.1 Å². The summed E-state index contributed by atoms with van der Waals surface area (Å²) in [6.07, 6.45) is 6.19. The quantitative estimate of drug-likeness (QED) is 0.857. The third-order valence-corrected chi connectivity index (χ3v) is 4.36. The minimum absolute atomic E-state index is 0.0104. The van der Waals surface area contributed by atoms with Crippen molar-refractivity contribution in [2.75, 3.05) is 0 Å². The highest BCUT2D eigenvalue weighted by atomic mass is 19.1. The lowest BCUT2D eigenvalue weighted by molar-refractivity contribution is 0.272. The molecule has 19 heavy (non-hydrogen) atoms. The molecule has 2 nitrogen and oxygen atoms in total. The van der Waals surface area contributed by atoms with Crippen LogP contribution in [0.15, 0.2) is 18.2 Å². The van der Waals surface area contributed by atoms with Crippen molar-refractivity contribution < 1.29 is 9.50 Å². The molecule has 1 fully saturated rings. The largest absolute Gasteiger partial charge is 0.508 e. The van der Waals surface area contributed by atoms with Crippen molar-refractivity contribution in [2.45, 2.75) is 58.0 Å². The highest BCUT2D eigenvalue weighted by Gasteiger charge is 2.22. The average Bonchev–Trinajstić information content (AvgIpc) is 2.39. The van der Waals surface area contributed by atoms with Crippen LogP contribution in [0.2, 0.25) is 0 Å². The van der Waals surface area contributed by atoms with Crippen molar-refractivity contribution in [2.24, 2.45) is 5.92 Å². The lowest BCUT2D eigenvalue weighted by atomic mass is 9.84. The number of halogens is 1. The van der Waals surface area contributed by atoms with Crippen molar-refractivity contribution in [1.29, 1.82) is 0 Å². The lowest BCUT2D eigenvalue weighted by Gasteiger charge is -2.31. The summed E-state index contributed by atoms with van der Waals surface area (Å²) < 4.78 is 13.8. The van der Waals surface area contributed by atoms with Crippen LogP contribution in [0.4, 0.5) is 4.39 Å². The Morgan fingerprint density at radius 3 is 2.58 bits per heavy atom. The summed E-state index contributed by atoms with van der Waals surface area (Å²) >= 11 is 0. The van der Waals surface area contributed by atoms with Gasteiger partial charge in [-0.05, 0) is 44.6 Å². The van der Waals surface area contributed by atoms with E-state index >= 15 is 0 Å². The van der Waals surface area contributed by atoms with Gasteiger partial charge in [-0.25, -0.2) is 4.39 Å². The fourth-order valence-electron chi connectivity index (χ4n) is 3.05. The smallest absolute Gasteiger partial charge is 0.131 e. The van der Waals surface area contributed by atoms with Crippen LogP contribution in [0.25, 0.3) is 0 Å². The van der Waals surface area contributed by atoms with Gasteiger partial charge in [-0.1, -0.05) is 19.4 Å². The molecule has 0 amide bonds. The summed E-state index contributed by atoms with van der Waals surface area (Å²) in [5.74, 6) is 0.526. The van der Waals surface area contributed by atoms with Gasteiger partial charge in [0.05, 0.1) is 0 Å². The molecule has 0 bridgehead atoms. The summed E-state index contributed by atoms with van der Waals surface area (Å²) in [5, 5.41) is 12.8. The second kappa shape index (κ2) is 6.38. The third-order valence-electron chi connectivity index (χ3n) is 4.36. The molecule has 1 atom stereocenters. The molecule has 1 aliphatic rings. The summed E-state index contributed by atoms with van der Waals surface area (Å²) in [6.45, 7) is 4.24. The molecule has 1 unspecified atom stereocenters. The number of phenolic OH excluding ortho intramolecular Hbond substituents is 1.